The summed E-state index contributed by atoms with van der Waals surface area (Å²) in [6, 6.07) is 10.4. The van der Waals surface area contributed by atoms with Gasteiger partial charge in [-0.2, -0.15) is 10.1 Å². The molecular weight excluding hydrogens is 438 g/mol. The largest absolute Gasteiger partial charge is 0.493 e. The maximum atomic E-state index is 12.8. The molecule has 9 nitrogen and oxygen atoms in total. The van der Waals surface area contributed by atoms with Crippen molar-refractivity contribution in [1.82, 2.24) is 5.01 Å². The van der Waals surface area contributed by atoms with E-state index in [0.29, 0.717) is 5.56 Å². The Bertz CT molecular complexity index is 1210. The summed E-state index contributed by atoms with van der Waals surface area (Å²) in [5.74, 6) is -1.04. The van der Waals surface area contributed by atoms with Gasteiger partial charge < -0.3 is 9.47 Å². The first-order valence-corrected chi connectivity index (χ1v) is 11.0. The van der Waals surface area contributed by atoms with Crippen LogP contribution in [0.2, 0.25) is 0 Å². The topological polar surface area (TPSA) is 111 Å². The van der Waals surface area contributed by atoms with E-state index < -0.39 is 4.92 Å². The first-order valence-electron chi connectivity index (χ1n) is 11.0. The number of amides is 2. The molecule has 2 bridgehead atoms. The molecule has 2 aliphatic carbocycles. The number of methoxy groups -OCH3 is 1. The minimum atomic E-state index is -0.565. The number of nitrogens with zero attached hydrogens (tertiary/aromatic N) is 3. The molecule has 2 amide bonds. The van der Waals surface area contributed by atoms with E-state index in [1.165, 1.54) is 25.5 Å². The van der Waals surface area contributed by atoms with E-state index in [1.807, 2.05) is 43.3 Å². The van der Waals surface area contributed by atoms with Crippen molar-refractivity contribution in [3.63, 3.8) is 0 Å². The Balaban J connectivity index is 1.39. The minimum absolute atomic E-state index is 0.00395. The van der Waals surface area contributed by atoms with Crippen LogP contribution in [-0.4, -0.2) is 35.1 Å². The van der Waals surface area contributed by atoms with E-state index in [1.54, 1.807) is 0 Å². The highest BCUT2D eigenvalue weighted by molar-refractivity contribution is 6.06. The number of allylic oxidation sites excluding steroid dienone is 2. The third-order valence-electron chi connectivity index (χ3n) is 6.75. The summed E-state index contributed by atoms with van der Waals surface area (Å²) < 4.78 is 11.1. The first-order chi connectivity index (χ1) is 16.4. The number of hydrogen-bond acceptors (Lipinski definition) is 7. The molecule has 4 atom stereocenters. The van der Waals surface area contributed by atoms with Gasteiger partial charge in [-0.25, -0.2) is 0 Å². The predicted octanol–water partition coefficient (Wildman–Crippen LogP) is 3.63. The lowest BCUT2D eigenvalue weighted by atomic mass is 9.85. The van der Waals surface area contributed by atoms with Crippen LogP contribution in [0, 0.1) is 40.7 Å². The number of rotatable bonds is 7. The number of hydrogen-bond donors (Lipinski definition) is 0. The van der Waals surface area contributed by atoms with Crippen LogP contribution in [0.15, 0.2) is 53.7 Å². The van der Waals surface area contributed by atoms with Crippen molar-refractivity contribution in [2.24, 2.45) is 28.8 Å². The molecule has 1 saturated heterocycles. The number of fused-ring (bicyclic) bond motifs is 5. The van der Waals surface area contributed by atoms with E-state index >= 15 is 0 Å². The molecule has 0 aromatic heterocycles. The lowest BCUT2D eigenvalue weighted by Crippen LogP contribution is -2.28. The Labute approximate surface area is 195 Å². The van der Waals surface area contributed by atoms with E-state index in [0.717, 1.165) is 22.6 Å². The number of ether oxygens (including phenoxy) is 2. The standard InChI is InChI=1S/C25H23N3O6/c1-14-3-5-15(6-4-14)13-34-23-19(28(31)32)9-16(10-20(23)33-2)12-26-27-24(29)21-17-7-8-18(11-17)22(21)25(27)30/h3-10,12,17-18,21-22H,11,13H2,1-2H3/t17-,18-,21-,22+/m0/s1. The molecule has 2 aromatic carbocycles. The van der Waals surface area contributed by atoms with Gasteiger partial charge in [-0.15, -0.1) is 0 Å². The fourth-order valence-electron chi connectivity index (χ4n) is 5.08. The van der Waals surface area contributed by atoms with Gasteiger partial charge in [0.25, 0.3) is 11.8 Å². The fraction of sp³-hybridized carbons (Fsp3) is 0.320. The zero-order chi connectivity index (χ0) is 24.0. The Hall–Kier alpha value is -4.01. The zero-order valence-electron chi connectivity index (χ0n) is 18.7. The van der Waals surface area contributed by atoms with Gasteiger partial charge in [0.2, 0.25) is 5.75 Å². The molecule has 1 saturated carbocycles. The number of benzene rings is 2. The molecule has 2 fully saturated rings. The summed E-state index contributed by atoms with van der Waals surface area (Å²) >= 11 is 0. The predicted molar refractivity (Wildman–Crippen MR) is 122 cm³/mol. The van der Waals surface area contributed by atoms with Gasteiger partial charge in [0, 0.05) is 11.6 Å². The molecule has 3 aliphatic rings. The lowest BCUT2D eigenvalue weighted by molar-refractivity contribution is -0.386. The molecule has 174 valence electrons. The molecule has 0 radical (unpaired) electrons. The number of imide groups is 1. The Morgan fingerprint density at radius 3 is 2.35 bits per heavy atom. The smallest absolute Gasteiger partial charge is 0.315 e. The van der Waals surface area contributed by atoms with Crippen LogP contribution in [0.4, 0.5) is 5.69 Å². The van der Waals surface area contributed by atoms with Gasteiger partial charge in [0.05, 0.1) is 30.1 Å². The molecule has 0 spiro atoms. The summed E-state index contributed by atoms with van der Waals surface area (Å²) in [5.41, 5.74) is 1.96. The maximum absolute atomic E-state index is 12.8. The highest BCUT2D eigenvalue weighted by Gasteiger charge is 2.59. The molecule has 1 aliphatic heterocycles. The van der Waals surface area contributed by atoms with Gasteiger partial charge >= 0.3 is 5.69 Å². The van der Waals surface area contributed by atoms with Crippen molar-refractivity contribution >= 4 is 23.7 Å². The quantitative estimate of drug-likeness (QED) is 0.205. The molecule has 34 heavy (non-hydrogen) atoms. The van der Waals surface area contributed by atoms with Crippen molar-refractivity contribution in [2.75, 3.05) is 7.11 Å². The van der Waals surface area contributed by atoms with Crippen molar-refractivity contribution in [3.8, 4) is 11.5 Å². The summed E-state index contributed by atoms with van der Waals surface area (Å²) in [6.07, 6.45) is 6.12. The van der Waals surface area contributed by atoms with E-state index in [2.05, 4.69) is 5.10 Å². The Morgan fingerprint density at radius 1 is 1.12 bits per heavy atom. The first kappa shape index (κ1) is 21.8. The van der Waals surface area contributed by atoms with E-state index in [9.17, 15) is 19.7 Å². The normalized spacial score (nSPS) is 24.8. The molecule has 0 N–H and O–H groups in total. The molecule has 9 heteroatoms. The molecule has 1 heterocycles. The van der Waals surface area contributed by atoms with Crippen molar-refractivity contribution in [2.45, 2.75) is 20.0 Å². The number of carbonyl (C=O) groups excluding carboxylic acids is 2. The highest BCUT2D eigenvalue weighted by atomic mass is 16.6. The van der Waals surface area contributed by atoms with Crippen molar-refractivity contribution < 1.29 is 24.0 Å². The second kappa shape index (κ2) is 8.40. The number of aryl methyl sites for hydroxylation is 1. The average Bonchev–Trinajstić information content (AvgIpc) is 3.51. The number of hydrazone groups is 1. The lowest BCUT2D eigenvalue weighted by Gasteiger charge is -2.13. The second-order valence-corrected chi connectivity index (χ2v) is 8.84. The molecular formula is C25H23N3O6. The number of nitro benzene ring substituents is 1. The van der Waals surface area contributed by atoms with Crippen LogP contribution in [0.25, 0.3) is 0 Å². The van der Waals surface area contributed by atoms with Crippen LogP contribution in [0.3, 0.4) is 0 Å². The van der Waals surface area contributed by atoms with Gasteiger partial charge in [-0.3, -0.25) is 19.7 Å². The summed E-state index contributed by atoms with van der Waals surface area (Å²) in [6.45, 7) is 2.09. The van der Waals surface area contributed by atoms with Gasteiger partial charge in [0.1, 0.15) is 6.61 Å². The molecule has 5 rings (SSSR count). The van der Waals surface area contributed by atoms with E-state index in [-0.39, 0.29) is 59.3 Å². The van der Waals surface area contributed by atoms with Crippen molar-refractivity contribution in [1.29, 1.82) is 0 Å². The third-order valence-corrected chi connectivity index (χ3v) is 6.75. The summed E-state index contributed by atoms with van der Waals surface area (Å²) in [4.78, 5) is 36.8. The van der Waals surface area contributed by atoms with Gasteiger partial charge in [-0.1, -0.05) is 42.0 Å². The zero-order valence-corrected chi connectivity index (χ0v) is 18.7. The van der Waals surface area contributed by atoms with Gasteiger partial charge in [0.15, 0.2) is 5.75 Å². The van der Waals surface area contributed by atoms with Crippen LogP contribution < -0.4 is 9.47 Å². The fourth-order valence-corrected chi connectivity index (χ4v) is 5.08. The maximum Gasteiger partial charge on any atom is 0.315 e. The van der Waals surface area contributed by atoms with Gasteiger partial charge in [-0.05, 0) is 36.8 Å². The minimum Gasteiger partial charge on any atom is -0.493 e. The van der Waals surface area contributed by atoms with E-state index in [4.69, 9.17) is 9.47 Å². The number of nitro groups is 1. The third kappa shape index (κ3) is 3.63. The van der Waals surface area contributed by atoms with Crippen LogP contribution in [0.1, 0.15) is 23.1 Å². The van der Waals surface area contributed by atoms with Crippen LogP contribution >= 0.6 is 0 Å². The summed E-state index contributed by atoms with van der Waals surface area (Å²) in [7, 11) is 1.39. The second-order valence-electron chi connectivity index (χ2n) is 8.84. The molecule has 0 unspecified atom stereocenters. The summed E-state index contributed by atoms with van der Waals surface area (Å²) in [5, 5.41) is 16.8. The Kier molecular flexibility index (Phi) is 5.39. The van der Waals surface area contributed by atoms with Crippen LogP contribution in [0.5, 0.6) is 11.5 Å². The number of carbonyl (C=O) groups is 2. The van der Waals surface area contributed by atoms with Crippen molar-refractivity contribution in [3.05, 3.63) is 75.4 Å². The highest BCUT2D eigenvalue weighted by Crippen LogP contribution is 2.52. The van der Waals surface area contributed by atoms with Crippen LogP contribution in [-0.2, 0) is 16.2 Å². The monoisotopic (exact) mass is 461 g/mol. The molecule has 2 aromatic rings. The SMILES string of the molecule is COc1cc(C=NN2C(=O)[C@@H]3[C@H](C2=O)[C@H]2C=C[C@H]3C2)cc([N+](=O)[O-])c1OCc1ccc(C)cc1. The Morgan fingerprint density at radius 2 is 1.76 bits per heavy atom. The average molecular weight is 461 g/mol.